The molecule has 3 N–H and O–H groups in total. The molecule has 1 rings (SSSR count). The lowest BCUT2D eigenvalue weighted by Crippen LogP contribution is -2.19. The van der Waals surface area contributed by atoms with Crippen molar-refractivity contribution in [2.75, 3.05) is 18.5 Å². The van der Waals surface area contributed by atoms with Gasteiger partial charge in [-0.2, -0.15) is 0 Å². The third-order valence-electron chi connectivity index (χ3n) is 1.92. The van der Waals surface area contributed by atoms with Gasteiger partial charge in [-0.1, -0.05) is 0 Å². The van der Waals surface area contributed by atoms with E-state index in [-0.39, 0.29) is 12.3 Å². The van der Waals surface area contributed by atoms with Gasteiger partial charge in [-0.25, -0.2) is 17.9 Å². The molecule has 0 saturated heterocycles. The largest absolute Gasteiger partial charge is 0.372 e. The fraction of sp³-hybridized carbons (Fsp3) is 0.300. The maximum atomic E-state index is 13.2. The van der Waals surface area contributed by atoms with E-state index in [0.717, 1.165) is 18.2 Å². The van der Waals surface area contributed by atoms with Crippen molar-refractivity contribution in [1.82, 2.24) is 0 Å². The van der Waals surface area contributed by atoms with Crippen molar-refractivity contribution in [3.8, 4) is 0 Å². The highest BCUT2D eigenvalue weighted by atomic mass is 32.2. The van der Waals surface area contributed by atoms with Crippen molar-refractivity contribution < 1.29 is 22.3 Å². The first-order chi connectivity index (χ1) is 8.32. The van der Waals surface area contributed by atoms with Crippen LogP contribution in [-0.4, -0.2) is 27.5 Å². The molecule has 1 aromatic carbocycles. The summed E-state index contributed by atoms with van der Waals surface area (Å²) in [5, 5.41) is 7.18. The lowest BCUT2D eigenvalue weighted by Gasteiger charge is -2.07. The Kier molecular flexibility index (Phi) is 4.76. The third kappa shape index (κ3) is 4.40. The molecule has 0 aromatic heterocycles. The molecule has 6 nitrogen and oxygen atoms in total. The number of hydrogen-bond acceptors (Lipinski definition) is 4. The van der Waals surface area contributed by atoms with E-state index >= 15 is 0 Å². The second-order valence-corrected chi connectivity index (χ2v) is 4.97. The fourth-order valence-corrected chi connectivity index (χ4v) is 1.76. The van der Waals surface area contributed by atoms with E-state index in [0.29, 0.717) is 6.61 Å². The van der Waals surface area contributed by atoms with Crippen molar-refractivity contribution in [2.24, 2.45) is 5.14 Å². The monoisotopic (exact) mass is 276 g/mol. The number of sulfonamides is 1. The minimum absolute atomic E-state index is 0.00345. The summed E-state index contributed by atoms with van der Waals surface area (Å²) < 4.78 is 40.1. The molecule has 1 amide bonds. The number of halogens is 1. The van der Waals surface area contributed by atoms with Crippen LogP contribution in [0.4, 0.5) is 10.1 Å². The van der Waals surface area contributed by atoms with Crippen LogP contribution in [0.25, 0.3) is 0 Å². The maximum absolute atomic E-state index is 13.2. The first kappa shape index (κ1) is 14.6. The van der Waals surface area contributed by atoms with Gasteiger partial charge in [0.25, 0.3) is 0 Å². The third-order valence-corrected chi connectivity index (χ3v) is 2.81. The van der Waals surface area contributed by atoms with Crippen LogP contribution < -0.4 is 10.5 Å². The molecule has 0 aliphatic rings. The predicted octanol–water partition coefficient (Wildman–Crippen LogP) is 0.448. The summed E-state index contributed by atoms with van der Waals surface area (Å²) in [5.74, 6) is -1.32. The zero-order valence-electron chi connectivity index (χ0n) is 9.64. The van der Waals surface area contributed by atoms with Crippen LogP contribution >= 0.6 is 0 Å². The Balaban J connectivity index is 2.90. The van der Waals surface area contributed by atoms with Crippen molar-refractivity contribution in [3.63, 3.8) is 0 Å². The van der Waals surface area contributed by atoms with Crippen LogP contribution in [0.15, 0.2) is 23.1 Å². The SMILES string of the molecule is CCOCC(=O)Nc1cc(F)cc(S(N)(=O)=O)c1. The van der Waals surface area contributed by atoms with Gasteiger partial charge < -0.3 is 10.1 Å². The molecule has 18 heavy (non-hydrogen) atoms. The summed E-state index contributed by atoms with van der Waals surface area (Å²) in [6.45, 7) is 1.88. The van der Waals surface area contributed by atoms with Gasteiger partial charge in [-0.3, -0.25) is 4.79 Å². The highest BCUT2D eigenvalue weighted by Crippen LogP contribution is 2.17. The highest BCUT2D eigenvalue weighted by molar-refractivity contribution is 7.89. The van der Waals surface area contributed by atoms with Crippen molar-refractivity contribution in [1.29, 1.82) is 0 Å². The van der Waals surface area contributed by atoms with Gasteiger partial charge in [0, 0.05) is 12.3 Å². The number of nitrogens with one attached hydrogen (secondary N) is 1. The Bertz CT molecular complexity index is 545. The lowest BCUT2D eigenvalue weighted by molar-refractivity contribution is -0.120. The number of ether oxygens (including phenoxy) is 1. The smallest absolute Gasteiger partial charge is 0.250 e. The van der Waals surface area contributed by atoms with Gasteiger partial charge >= 0.3 is 0 Å². The zero-order chi connectivity index (χ0) is 13.8. The molecule has 0 radical (unpaired) electrons. The second kappa shape index (κ2) is 5.89. The molecule has 0 spiro atoms. The molecule has 0 atom stereocenters. The number of carbonyl (C=O) groups is 1. The molecular weight excluding hydrogens is 263 g/mol. The average molecular weight is 276 g/mol. The highest BCUT2D eigenvalue weighted by Gasteiger charge is 2.12. The van der Waals surface area contributed by atoms with Crippen LogP contribution in [0, 0.1) is 5.82 Å². The number of benzene rings is 1. The van der Waals surface area contributed by atoms with Crippen LogP contribution in [0.1, 0.15) is 6.92 Å². The Morgan fingerprint density at radius 2 is 2.11 bits per heavy atom. The first-order valence-corrected chi connectivity index (χ1v) is 6.58. The summed E-state index contributed by atoms with van der Waals surface area (Å²) >= 11 is 0. The van der Waals surface area contributed by atoms with Gasteiger partial charge in [0.1, 0.15) is 12.4 Å². The van der Waals surface area contributed by atoms with Gasteiger partial charge in [-0.15, -0.1) is 0 Å². The molecule has 0 fully saturated rings. The molecular formula is C10H13FN2O4S. The second-order valence-electron chi connectivity index (χ2n) is 3.41. The molecule has 100 valence electrons. The summed E-state index contributed by atoms with van der Waals surface area (Å²) in [6.07, 6.45) is 0. The minimum Gasteiger partial charge on any atom is -0.372 e. The molecule has 0 bridgehead atoms. The maximum Gasteiger partial charge on any atom is 0.250 e. The van der Waals surface area contributed by atoms with E-state index in [9.17, 15) is 17.6 Å². The number of rotatable bonds is 5. The minimum atomic E-state index is -4.02. The normalized spacial score (nSPS) is 11.3. The first-order valence-electron chi connectivity index (χ1n) is 5.04. The zero-order valence-corrected chi connectivity index (χ0v) is 10.5. The number of nitrogens with two attached hydrogens (primary N) is 1. The standard InChI is InChI=1S/C10H13FN2O4S/c1-2-17-6-10(14)13-8-3-7(11)4-9(5-8)18(12,15)16/h3-5H,2,6H2,1H3,(H,13,14)(H2,12,15,16). The Morgan fingerprint density at radius 3 is 2.67 bits per heavy atom. The van der Waals surface area contributed by atoms with E-state index in [1.54, 1.807) is 6.92 Å². The number of hydrogen-bond donors (Lipinski definition) is 2. The van der Waals surface area contributed by atoms with E-state index in [4.69, 9.17) is 9.88 Å². The van der Waals surface area contributed by atoms with Crippen LogP contribution in [0.3, 0.4) is 0 Å². The molecule has 0 saturated carbocycles. The van der Waals surface area contributed by atoms with Crippen molar-refractivity contribution >= 4 is 21.6 Å². The molecule has 0 unspecified atom stereocenters. The van der Waals surface area contributed by atoms with Crippen LogP contribution in [0.2, 0.25) is 0 Å². The van der Waals surface area contributed by atoms with Crippen LogP contribution in [-0.2, 0) is 19.6 Å². The van der Waals surface area contributed by atoms with Gasteiger partial charge in [-0.05, 0) is 25.1 Å². The Morgan fingerprint density at radius 1 is 1.44 bits per heavy atom. The molecule has 0 aliphatic carbocycles. The number of amides is 1. The van der Waals surface area contributed by atoms with Gasteiger partial charge in [0.05, 0.1) is 4.90 Å². The van der Waals surface area contributed by atoms with Crippen molar-refractivity contribution in [3.05, 3.63) is 24.0 Å². The summed E-state index contributed by atoms with van der Waals surface area (Å²) in [4.78, 5) is 10.9. The topological polar surface area (TPSA) is 98.5 Å². The van der Waals surface area contributed by atoms with E-state index in [1.807, 2.05) is 0 Å². The lowest BCUT2D eigenvalue weighted by atomic mass is 10.3. The molecule has 0 aliphatic heterocycles. The number of anilines is 1. The summed E-state index contributed by atoms with van der Waals surface area (Å²) in [7, 11) is -4.02. The fourth-order valence-electron chi connectivity index (χ4n) is 1.19. The van der Waals surface area contributed by atoms with E-state index in [2.05, 4.69) is 5.32 Å². The molecule has 8 heteroatoms. The quantitative estimate of drug-likeness (QED) is 0.815. The molecule has 0 heterocycles. The van der Waals surface area contributed by atoms with Gasteiger partial charge in [0.15, 0.2) is 0 Å². The average Bonchev–Trinajstić information content (AvgIpc) is 2.24. The van der Waals surface area contributed by atoms with Crippen LogP contribution in [0.5, 0.6) is 0 Å². The van der Waals surface area contributed by atoms with E-state index < -0.39 is 26.6 Å². The van der Waals surface area contributed by atoms with Gasteiger partial charge in [0.2, 0.25) is 15.9 Å². The Labute approximate surface area is 104 Å². The molecule has 1 aromatic rings. The predicted molar refractivity (Wildman–Crippen MR) is 62.9 cm³/mol. The number of carbonyl (C=O) groups excluding carboxylic acids is 1. The Hall–Kier alpha value is -1.51. The van der Waals surface area contributed by atoms with Crippen molar-refractivity contribution in [2.45, 2.75) is 11.8 Å². The van der Waals surface area contributed by atoms with E-state index in [1.165, 1.54) is 0 Å². The summed E-state index contributed by atoms with van der Waals surface area (Å²) in [5.41, 5.74) is 0.00345. The number of primary sulfonamides is 1. The summed E-state index contributed by atoms with van der Waals surface area (Å²) in [6, 6.07) is 2.83.